The molecule has 2 rings (SSSR count). The lowest BCUT2D eigenvalue weighted by atomic mass is 10.2. The molecule has 0 saturated heterocycles. The lowest BCUT2D eigenvalue weighted by Gasteiger charge is -2.08. The molecule has 1 aliphatic carbocycles. The summed E-state index contributed by atoms with van der Waals surface area (Å²) < 4.78 is 28.4. The summed E-state index contributed by atoms with van der Waals surface area (Å²) in [6.07, 6.45) is 4.79. The van der Waals surface area contributed by atoms with Crippen molar-refractivity contribution in [3.63, 3.8) is 0 Å². The Morgan fingerprint density at radius 2 is 1.94 bits per heavy atom. The van der Waals surface area contributed by atoms with Gasteiger partial charge in [-0.2, -0.15) is 8.42 Å². The van der Waals surface area contributed by atoms with Gasteiger partial charge in [0.2, 0.25) is 0 Å². The second-order valence-corrected chi connectivity index (χ2v) is 5.62. The molecule has 1 aromatic carbocycles. The van der Waals surface area contributed by atoms with Gasteiger partial charge in [0.15, 0.2) is 0 Å². The van der Waals surface area contributed by atoms with Crippen LogP contribution in [0.5, 0.6) is 0 Å². The second-order valence-electron chi connectivity index (χ2n) is 4.07. The standard InChI is InChI=1S/C12H15NO3S/c1-10-6-8-12(9-7-10)17(14,15)16-13-11-4-2-3-5-11/h4,6-9,13H,2-3,5H2,1H3. The Kier molecular flexibility index (Phi) is 3.49. The Labute approximate surface area is 101 Å². The van der Waals surface area contributed by atoms with Crippen molar-refractivity contribution in [2.45, 2.75) is 31.1 Å². The maximum Gasteiger partial charge on any atom is 0.317 e. The topological polar surface area (TPSA) is 55.4 Å². The van der Waals surface area contributed by atoms with Crippen LogP contribution in [0.2, 0.25) is 0 Å². The Morgan fingerprint density at radius 3 is 2.53 bits per heavy atom. The molecule has 5 heteroatoms. The molecule has 1 aromatic rings. The zero-order chi connectivity index (χ0) is 12.3. The van der Waals surface area contributed by atoms with Crippen LogP contribution >= 0.6 is 0 Å². The molecule has 0 unspecified atom stereocenters. The van der Waals surface area contributed by atoms with Crippen molar-refractivity contribution in [2.75, 3.05) is 0 Å². The summed E-state index contributed by atoms with van der Waals surface area (Å²) in [5.41, 5.74) is 4.35. The summed E-state index contributed by atoms with van der Waals surface area (Å²) in [6, 6.07) is 6.56. The van der Waals surface area contributed by atoms with E-state index < -0.39 is 10.1 Å². The number of allylic oxidation sites excluding steroid dienone is 2. The lowest BCUT2D eigenvalue weighted by Crippen LogP contribution is -2.19. The van der Waals surface area contributed by atoms with Gasteiger partial charge in [0, 0.05) is 5.70 Å². The van der Waals surface area contributed by atoms with E-state index in [1.54, 1.807) is 12.1 Å². The maximum absolute atomic E-state index is 11.8. The minimum Gasteiger partial charge on any atom is -0.254 e. The van der Waals surface area contributed by atoms with Crippen LogP contribution in [0.15, 0.2) is 40.9 Å². The van der Waals surface area contributed by atoms with Gasteiger partial charge >= 0.3 is 10.1 Å². The zero-order valence-electron chi connectivity index (χ0n) is 9.64. The van der Waals surface area contributed by atoms with Gasteiger partial charge in [0.05, 0.1) is 4.90 Å². The summed E-state index contributed by atoms with van der Waals surface area (Å²) in [4.78, 5) is 0.161. The van der Waals surface area contributed by atoms with E-state index in [1.807, 2.05) is 13.0 Å². The molecule has 0 spiro atoms. The number of nitrogens with one attached hydrogen (secondary N) is 1. The Morgan fingerprint density at radius 1 is 1.24 bits per heavy atom. The number of hydrogen-bond donors (Lipinski definition) is 1. The summed E-state index contributed by atoms with van der Waals surface area (Å²) >= 11 is 0. The molecule has 4 nitrogen and oxygen atoms in total. The molecule has 0 aromatic heterocycles. The van der Waals surface area contributed by atoms with E-state index in [9.17, 15) is 8.42 Å². The van der Waals surface area contributed by atoms with Gasteiger partial charge in [-0.25, -0.2) is 0 Å². The molecule has 92 valence electrons. The van der Waals surface area contributed by atoms with Crippen molar-refractivity contribution in [2.24, 2.45) is 0 Å². The van der Waals surface area contributed by atoms with Crippen molar-refractivity contribution in [1.29, 1.82) is 0 Å². The van der Waals surface area contributed by atoms with E-state index in [2.05, 4.69) is 5.48 Å². The monoisotopic (exact) mass is 253 g/mol. The highest BCUT2D eigenvalue weighted by atomic mass is 32.2. The average Bonchev–Trinajstić information content (AvgIpc) is 2.80. The quantitative estimate of drug-likeness (QED) is 0.836. The fraction of sp³-hybridized carbons (Fsp3) is 0.333. The van der Waals surface area contributed by atoms with Crippen molar-refractivity contribution >= 4 is 10.1 Å². The van der Waals surface area contributed by atoms with Crippen LogP contribution < -0.4 is 5.48 Å². The van der Waals surface area contributed by atoms with Crippen LogP contribution in [0.3, 0.4) is 0 Å². The predicted octanol–water partition coefficient (Wildman–Crippen LogP) is 2.27. The van der Waals surface area contributed by atoms with Crippen molar-refractivity contribution in [3.05, 3.63) is 41.6 Å². The first kappa shape index (κ1) is 12.1. The van der Waals surface area contributed by atoms with E-state index in [4.69, 9.17) is 4.28 Å². The molecule has 0 heterocycles. The first-order valence-corrected chi connectivity index (χ1v) is 6.94. The molecule has 1 N–H and O–H groups in total. The van der Waals surface area contributed by atoms with Gasteiger partial charge in [0.1, 0.15) is 0 Å². The van der Waals surface area contributed by atoms with Gasteiger partial charge < -0.3 is 0 Å². The van der Waals surface area contributed by atoms with Gasteiger partial charge in [-0.15, -0.1) is 4.28 Å². The fourth-order valence-electron chi connectivity index (χ4n) is 1.62. The minimum atomic E-state index is -3.72. The summed E-state index contributed by atoms with van der Waals surface area (Å²) in [5, 5.41) is 0. The highest BCUT2D eigenvalue weighted by molar-refractivity contribution is 7.86. The molecule has 0 fully saturated rings. The van der Waals surface area contributed by atoms with Gasteiger partial charge in [-0.05, 0) is 38.3 Å². The summed E-state index contributed by atoms with van der Waals surface area (Å²) in [7, 11) is -3.72. The smallest absolute Gasteiger partial charge is 0.254 e. The van der Waals surface area contributed by atoms with Crippen LogP contribution in [0.25, 0.3) is 0 Å². The van der Waals surface area contributed by atoms with Crippen LogP contribution in [0.1, 0.15) is 24.8 Å². The first-order valence-electron chi connectivity index (χ1n) is 5.53. The van der Waals surface area contributed by atoms with E-state index in [-0.39, 0.29) is 4.90 Å². The van der Waals surface area contributed by atoms with Gasteiger partial charge in [0.25, 0.3) is 0 Å². The summed E-state index contributed by atoms with van der Waals surface area (Å²) in [6.45, 7) is 1.90. The molecule has 0 aliphatic heterocycles. The SMILES string of the molecule is Cc1ccc(S(=O)(=O)ONC2=CCCC2)cc1. The van der Waals surface area contributed by atoms with Crippen LogP contribution in [-0.2, 0) is 14.4 Å². The van der Waals surface area contributed by atoms with E-state index in [0.29, 0.717) is 0 Å². The van der Waals surface area contributed by atoms with Crippen LogP contribution in [0.4, 0.5) is 0 Å². The van der Waals surface area contributed by atoms with Crippen molar-refractivity contribution in [3.8, 4) is 0 Å². The highest BCUT2D eigenvalue weighted by Gasteiger charge is 2.16. The lowest BCUT2D eigenvalue weighted by molar-refractivity contribution is 0.233. The third-order valence-electron chi connectivity index (χ3n) is 2.63. The Bertz CT molecular complexity index is 517. The number of hydroxylamine groups is 1. The highest BCUT2D eigenvalue weighted by Crippen LogP contribution is 2.17. The number of benzene rings is 1. The molecule has 17 heavy (non-hydrogen) atoms. The Balaban J connectivity index is 2.05. The zero-order valence-corrected chi connectivity index (χ0v) is 10.5. The fourth-order valence-corrected chi connectivity index (χ4v) is 2.41. The normalized spacial score (nSPS) is 15.7. The molecule has 0 bridgehead atoms. The largest absolute Gasteiger partial charge is 0.317 e. The molecule has 1 aliphatic rings. The third-order valence-corrected chi connectivity index (χ3v) is 3.79. The van der Waals surface area contributed by atoms with E-state index in [1.165, 1.54) is 12.1 Å². The first-order chi connectivity index (χ1) is 8.08. The van der Waals surface area contributed by atoms with E-state index in [0.717, 1.165) is 30.5 Å². The molecule has 0 radical (unpaired) electrons. The molecular formula is C12H15NO3S. The minimum absolute atomic E-state index is 0.161. The molecule has 0 amide bonds. The molecular weight excluding hydrogens is 238 g/mol. The van der Waals surface area contributed by atoms with Crippen LogP contribution in [0, 0.1) is 6.92 Å². The van der Waals surface area contributed by atoms with Crippen molar-refractivity contribution < 1.29 is 12.7 Å². The maximum atomic E-state index is 11.8. The molecule has 0 atom stereocenters. The third kappa shape index (κ3) is 3.08. The van der Waals surface area contributed by atoms with Gasteiger partial charge in [-0.3, -0.25) is 5.48 Å². The predicted molar refractivity (Wildman–Crippen MR) is 64.5 cm³/mol. The summed E-state index contributed by atoms with van der Waals surface area (Å²) in [5.74, 6) is 0. The number of aryl methyl sites for hydroxylation is 1. The van der Waals surface area contributed by atoms with E-state index >= 15 is 0 Å². The number of hydrogen-bond acceptors (Lipinski definition) is 4. The van der Waals surface area contributed by atoms with Crippen molar-refractivity contribution in [1.82, 2.24) is 5.48 Å². The molecule has 0 saturated carbocycles. The Hall–Kier alpha value is -1.33. The number of rotatable bonds is 4. The second kappa shape index (κ2) is 4.89. The average molecular weight is 253 g/mol. The van der Waals surface area contributed by atoms with Gasteiger partial charge in [-0.1, -0.05) is 23.8 Å². The van der Waals surface area contributed by atoms with Crippen LogP contribution in [-0.4, -0.2) is 8.42 Å².